The van der Waals surface area contributed by atoms with Crippen LogP contribution in [0, 0.1) is 5.82 Å². The highest BCUT2D eigenvalue weighted by Gasteiger charge is 2.25. The van der Waals surface area contributed by atoms with Crippen molar-refractivity contribution in [2.45, 2.75) is 25.4 Å². The van der Waals surface area contributed by atoms with Crippen LogP contribution in [-0.2, 0) is 11.2 Å². The average molecular weight is 409 g/mol. The van der Waals surface area contributed by atoms with E-state index in [0.29, 0.717) is 24.7 Å². The number of para-hydroxylation sites is 1. The van der Waals surface area contributed by atoms with Gasteiger partial charge >= 0.3 is 0 Å². The van der Waals surface area contributed by atoms with Gasteiger partial charge in [0.25, 0.3) is 5.19 Å². The van der Waals surface area contributed by atoms with Crippen LogP contribution in [0.3, 0.4) is 0 Å². The third-order valence-electron chi connectivity index (χ3n) is 5.41. The summed E-state index contributed by atoms with van der Waals surface area (Å²) in [7, 11) is 0. The molecular weight excluding hydrogens is 389 g/mol. The second-order valence-electron chi connectivity index (χ2n) is 7.33. The van der Waals surface area contributed by atoms with Gasteiger partial charge in [-0.3, -0.25) is 4.79 Å². The lowest BCUT2D eigenvalue weighted by Gasteiger charge is -2.31. The van der Waals surface area contributed by atoms with Crippen LogP contribution < -0.4 is 4.74 Å². The number of carbonyl (C=O) groups excluding carboxylic acids is 1. The zero-order valence-electron chi connectivity index (χ0n) is 15.7. The summed E-state index contributed by atoms with van der Waals surface area (Å²) >= 11 is 1.36. The first-order valence-electron chi connectivity index (χ1n) is 9.71. The van der Waals surface area contributed by atoms with Gasteiger partial charge < -0.3 is 14.6 Å². The third-order valence-corrected chi connectivity index (χ3v) is 6.32. The number of aromatic nitrogens is 2. The lowest BCUT2D eigenvalue weighted by atomic mass is 10.1. The molecule has 29 heavy (non-hydrogen) atoms. The Kier molecular flexibility index (Phi) is 4.67. The van der Waals surface area contributed by atoms with E-state index < -0.39 is 0 Å². The van der Waals surface area contributed by atoms with Crippen LogP contribution in [0.25, 0.3) is 21.1 Å². The predicted molar refractivity (Wildman–Crippen MR) is 112 cm³/mol. The normalized spacial score (nSPS) is 15.3. The minimum absolute atomic E-state index is 0.0255. The summed E-state index contributed by atoms with van der Waals surface area (Å²) in [5, 5.41) is 1.67. The number of benzene rings is 2. The highest BCUT2D eigenvalue weighted by molar-refractivity contribution is 7.20. The number of rotatable bonds is 4. The largest absolute Gasteiger partial charge is 0.467 e. The molecule has 0 aliphatic carbocycles. The molecule has 1 fully saturated rings. The lowest BCUT2D eigenvalue weighted by molar-refractivity contribution is -0.132. The van der Waals surface area contributed by atoms with Crippen molar-refractivity contribution in [3.05, 3.63) is 60.0 Å². The quantitative estimate of drug-likeness (QED) is 0.539. The van der Waals surface area contributed by atoms with Crippen LogP contribution in [0.1, 0.15) is 18.4 Å². The van der Waals surface area contributed by atoms with E-state index in [1.54, 1.807) is 6.07 Å². The van der Waals surface area contributed by atoms with Gasteiger partial charge in [-0.05, 0) is 29.8 Å². The molecule has 0 unspecified atom stereocenters. The maximum Gasteiger partial charge on any atom is 0.274 e. The number of ether oxygens (including phenoxy) is 1. The number of H-pyrrole nitrogens is 1. The van der Waals surface area contributed by atoms with E-state index in [1.807, 2.05) is 35.4 Å². The Morgan fingerprint density at radius 2 is 2.07 bits per heavy atom. The molecule has 2 aromatic heterocycles. The number of likely N-dealkylation sites (tertiary alicyclic amines) is 1. The molecular formula is C22H20FN3O2S. The van der Waals surface area contributed by atoms with Gasteiger partial charge in [-0.15, -0.1) is 0 Å². The second kappa shape index (κ2) is 7.48. The van der Waals surface area contributed by atoms with Gasteiger partial charge in [0.2, 0.25) is 5.91 Å². The van der Waals surface area contributed by atoms with Gasteiger partial charge in [0.05, 0.1) is 16.6 Å². The monoisotopic (exact) mass is 409 g/mol. The van der Waals surface area contributed by atoms with E-state index in [9.17, 15) is 9.18 Å². The SMILES string of the molecule is O=C(Cc1c[nH]c2ccccc12)N1CCC(Oc2nc3ccc(F)cc3s2)CC1. The molecule has 0 bridgehead atoms. The van der Waals surface area contributed by atoms with Crippen LogP contribution in [-0.4, -0.2) is 40.0 Å². The molecule has 0 saturated carbocycles. The zero-order valence-corrected chi connectivity index (χ0v) is 16.5. The Balaban J connectivity index is 1.19. The van der Waals surface area contributed by atoms with Crippen LogP contribution >= 0.6 is 11.3 Å². The van der Waals surface area contributed by atoms with Gasteiger partial charge in [-0.25, -0.2) is 9.37 Å². The standard InChI is InChI=1S/C22H20FN3O2S/c23-15-5-6-19-20(12-15)29-22(25-19)28-16-7-9-26(10-8-16)21(27)11-14-13-24-18-4-2-1-3-17(14)18/h1-6,12-13,16,24H,7-11H2. The van der Waals surface area contributed by atoms with E-state index in [0.717, 1.165) is 39.5 Å². The number of nitrogens with zero attached hydrogens (tertiary/aromatic N) is 2. The molecule has 7 heteroatoms. The fourth-order valence-corrected chi connectivity index (χ4v) is 4.75. The molecule has 1 amide bonds. The van der Waals surface area contributed by atoms with Crippen molar-refractivity contribution in [3.8, 4) is 5.19 Å². The van der Waals surface area contributed by atoms with Gasteiger partial charge in [-0.2, -0.15) is 0 Å². The lowest BCUT2D eigenvalue weighted by Crippen LogP contribution is -2.42. The fourth-order valence-electron chi connectivity index (χ4n) is 3.85. The molecule has 148 valence electrons. The summed E-state index contributed by atoms with van der Waals surface area (Å²) in [6.07, 6.45) is 3.89. The van der Waals surface area contributed by atoms with Crippen molar-refractivity contribution < 1.29 is 13.9 Å². The number of hydrogen-bond donors (Lipinski definition) is 1. The molecule has 2 aromatic carbocycles. The van der Waals surface area contributed by atoms with Crippen molar-refractivity contribution in [3.63, 3.8) is 0 Å². The van der Waals surface area contributed by atoms with Gasteiger partial charge in [0.1, 0.15) is 11.9 Å². The molecule has 0 atom stereocenters. The minimum Gasteiger partial charge on any atom is -0.467 e. The maximum absolute atomic E-state index is 13.3. The van der Waals surface area contributed by atoms with Crippen molar-refractivity contribution in [2.75, 3.05) is 13.1 Å². The Morgan fingerprint density at radius 3 is 2.93 bits per heavy atom. The van der Waals surface area contributed by atoms with E-state index in [-0.39, 0.29) is 17.8 Å². The number of halogens is 1. The first kappa shape index (κ1) is 18.1. The van der Waals surface area contributed by atoms with Crippen molar-refractivity contribution >= 4 is 38.4 Å². The minimum atomic E-state index is -0.269. The third kappa shape index (κ3) is 3.70. The van der Waals surface area contributed by atoms with Gasteiger partial charge in [-0.1, -0.05) is 29.5 Å². The number of carbonyl (C=O) groups is 1. The molecule has 5 rings (SSSR count). The summed E-state index contributed by atoms with van der Waals surface area (Å²) in [5.41, 5.74) is 2.83. The zero-order chi connectivity index (χ0) is 19.8. The predicted octanol–water partition coefficient (Wildman–Crippen LogP) is 4.53. The molecule has 1 saturated heterocycles. The first-order chi connectivity index (χ1) is 14.2. The highest BCUT2D eigenvalue weighted by Crippen LogP contribution is 2.30. The fraction of sp³-hybridized carbons (Fsp3) is 0.273. The molecule has 1 N–H and O–H groups in total. The average Bonchev–Trinajstić information content (AvgIpc) is 3.32. The molecule has 1 aliphatic heterocycles. The second-order valence-corrected chi connectivity index (χ2v) is 8.32. The summed E-state index contributed by atoms with van der Waals surface area (Å²) < 4.78 is 20.1. The van der Waals surface area contributed by atoms with Crippen molar-refractivity contribution in [2.24, 2.45) is 0 Å². The van der Waals surface area contributed by atoms with E-state index in [4.69, 9.17) is 4.74 Å². The van der Waals surface area contributed by atoms with Crippen LogP contribution in [0.5, 0.6) is 5.19 Å². The number of piperidine rings is 1. The van der Waals surface area contributed by atoms with Crippen LogP contribution in [0.4, 0.5) is 4.39 Å². The van der Waals surface area contributed by atoms with E-state index in [2.05, 4.69) is 9.97 Å². The summed E-state index contributed by atoms with van der Waals surface area (Å²) in [6.45, 7) is 1.34. The summed E-state index contributed by atoms with van der Waals surface area (Å²) in [5.74, 6) is -0.126. The number of thiazole rings is 1. The van der Waals surface area contributed by atoms with E-state index >= 15 is 0 Å². The maximum atomic E-state index is 13.3. The van der Waals surface area contributed by atoms with Gasteiger partial charge in [0.15, 0.2) is 0 Å². The molecule has 3 heterocycles. The number of amides is 1. The first-order valence-corrected chi connectivity index (χ1v) is 10.5. The van der Waals surface area contributed by atoms with Crippen LogP contribution in [0.2, 0.25) is 0 Å². The Bertz CT molecular complexity index is 1180. The Hall–Kier alpha value is -2.93. The van der Waals surface area contributed by atoms with E-state index in [1.165, 1.54) is 23.5 Å². The highest BCUT2D eigenvalue weighted by atomic mass is 32.1. The molecule has 0 spiro atoms. The Morgan fingerprint density at radius 1 is 1.24 bits per heavy atom. The van der Waals surface area contributed by atoms with Crippen molar-refractivity contribution in [1.29, 1.82) is 0 Å². The summed E-state index contributed by atoms with van der Waals surface area (Å²) in [4.78, 5) is 22.3. The smallest absolute Gasteiger partial charge is 0.274 e. The summed E-state index contributed by atoms with van der Waals surface area (Å²) in [6, 6.07) is 12.6. The number of aromatic amines is 1. The number of nitrogens with one attached hydrogen (secondary N) is 1. The van der Waals surface area contributed by atoms with Crippen molar-refractivity contribution in [1.82, 2.24) is 14.9 Å². The molecule has 0 radical (unpaired) electrons. The van der Waals surface area contributed by atoms with Gasteiger partial charge in [0, 0.05) is 43.0 Å². The number of hydrogen-bond acceptors (Lipinski definition) is 4. The molecule has 1 aliphatic rings. The topological polar surface area (TPSA) is 58.2 Å². The Labute approximate surface area is 171 Å². The number of fused-ring (bicyclic) bond motifs is 2. The molecule has 5 nitrogen and oxygen atoms in total. The molecule has 4 aromatic rings. The van der Waals surface area contributed by atoms with Crippen LogP contribution in [0.15, 0.2) is 48.7 Å².